The number of nitrogens with zero attached hydrogens (tertiary/aromatic N) is 1. The van der Waals surface area contributed by atoms with Crippen LogP contribution in [0.25, 0.3) is 0 Å². The highest BCUT2D eigenvalue weighted by Gasteiger charge is 2.24. The molecule has 15 heavy (non-hydrogen) atoms. The Labute approximate surface area is 93.0 Å². The molecule has 1 aliphatic heterocycles. The highest BCUT2D eigenvalue weighted by atomic mass is 16.2. The predicted octanol–water partition coefficient (Wildman–Crippen LogP) is 1.76. The summed E-state index contributed by atoms with van der Waals surface area (Å²) in [6.07, 6.45) is 6.32. The van der Waals surface area contributed by atoms with Gasteiger partial charge in [-0.05, 0) is 38.1 Å². The number of rotatable bonds is 6. The summed E-state index contributed by atoms with van der Waals surface area (Å²) < 4.78 is 0. The van der Waals surface area contributed by atoms with Crippen molar-refractivity contribution in [3.63, 3.8) is 0 Å². The zero-order valence-corrected chi connectivity index (χ0v) is 9.87. The van der Waals surface area contributed by atoms with Crippen molar-refractivity contribution in [1.82, 2.24) is 4.90 Å². The molecule has 0 aromatic carbocycles. The maximum atomic E-state index is 11.8. The van der Waals surface area contributed by atoms with E-state index in [9.17, 15) is 4.79 Å². The lowest BCUT2D eigenvalue weighted by Gasteiger charge is -2.16. The number of hydrogen-bond acceptors (Lipinski definition) is 2. The number of hydrogen-bond donors (Lipinski definition) is 1. The van der Waals surface area contributed by atoms with Crippen LogP contribution < -0.4 is 5.73 Å². The van der Waals surface area contributed by atoms with Gasteiger partial charge in [0.2, 0.25) is 5.91 Å². The predicted molar refractivity (Wildman–Crippen MR) is 62.5 cm³/mol. The number of nitrogens with two attached hydrogens (primary N) is 1. The molecule has 0 bridgehead atoms. The van der Waals surface area contributed by atoms with Gasteiger partial charge in [0.05, 0.1) is 0 Å². The molecule has 1 fully saturated rings. The molecule has 0 spiro atoms. The Bertz CT molecular complexity index is 194. The normalized spacial score (nSPS) is 20.9. The highest BCUT2D eigenvalue weighted by molar-refractivity contribution is 5.76. The summed E-state index contributed by atoms with van der Waals surface area (Å²) in [7, 11) is 0. The van der Waals surface area contributed by atoms with Gasteiger partial charge in [-0.15, -0.1) is 0 Å². The molecular weight excluding hydrogens is 188 g/mol. The quantitative estimate of drug-likeness (QED) is 0.682. The van der Waals surface area contributed by atoms with Crippen molar-refractivity contribution in [2.24, 2.45) is 11.7 Å². The Morgan fingerprint density at radius 1 is 1.47 bits per heavy atom. The second-order valence-electron chi connectivity index (χ2n) is 4.53. The average Bonchev–Trinajstić information content (AvgIpc) is 2.67. The third-order valence-corrected chi connectivity index (χ3v) is 3.18. The molecule has 1 unspecified atom stereocenters. The van der Waals surface area contributed by atoms with E-state index in [0.29, 0.717) is 18.9 Å². The van der Waals surface area contributed by atoms with E-state index in [-0.39, 0.29) is 0 Å². The van der Waals surface area contributed by atoms with Gasteiger partial charge in [-0.2, -0.15) is 0 Å². The molecule has 1 rings (SSSR count). The SMILES string of the molecule is CCCC1CCN(C(=O)CCCCN)C1. The molecule has 1 atom stereocenters. The van der Waals surface area contributed by atoms with Crippen LogP contribution in [-0.4, -0.2) is 30.4 Å². The van der Waals surface area contributed by atoms with E-state index in [1.54, 1.807) is 0 Å². The number of unbranched alkanes of at least 4 members (excludes halogenated alkanes) is 1. The summed E-state index contributed by atoms with van der Waals surface area (Å²) in [6.45, 7) is 4.89. The van der Waals surface area contributed by atoms with Gasteiger partial charge in [-0.3, -0.25) is 4.79 Å². The molecule has 0 aromatic rings. The maximum Gasteiger partial charge on any atom is 0.222 e. The van der Waals surface area contributed by atoms with Gasteiger partial charge < -0.3 is 10.6 Å². The van der Waals surface area contributed by atoms with Crippen LogP contribution in [0.15, 0.2) is 0 Å². The van der Waals surface area contributed by atoms with Crippen LogP contribution in [0, 0.1) is 5.92 Å². The van der Waals surface area contributed by atoms with Crippen LogP contribution in [0.2, 0.25) is 0 Å². The summed E-state index contributed by atoms with van der Waals surface area (Å²) in [4.78, 5) is 13.8. The summed E-state index contributed by atoms with van der Waals surface area (Å²) in [6, 6.07) is 0. The van der Waals surface area contributed by atoms with Gasteiger partial charge in [-0.25, -0.2) is 0 Å². The molecule has 1 aliphatic rings. The molecule has 1 saturated heterocycles. The van der Waals surface area contributed by atoms with E-state index < -0.39 is 0 Å². The van der Waals surface area contributed by atoms with Gasteiger partial charge in [0.25, 0.3) is 0 Å². The molecule has 0 radical (unpaired) electrons. The van der Waals surface area contributed by atoms with Crippen LogP contribution in [0.5, 0.6) is 0 Å². The first-order valence-corrected chi connectivity index (χ1v) is 6.25. The van der Waals surface area contributed by atoms with Crippen molar-refractivity contribution in [2.45, 2.75) is 45.4 Å². The third-order valence-electron chi connectivity index (χ3n) is 3.18. The van der Waals surface area contributed by atoms with E-state index in [1.165, 1.54) is 19.3 Å². The van der Waals surface area contributed by atoms with Crippen molar-refractivity contribution >= 4 is 5.91 Å². The number of carbonyl (C=O) groups is 1. The lowest BCUT2D eigenvalue weighted by atomic mass is 10.0. The minimum Gasteiger partial charge on any atom is -0.342 e. The lowest BCUT2D eigenvalue weighted by Crippen LogP contribution is -2.28. The van der Waals surface area contributed by atoms with Crippen LogP contribution in [0.1, 0.15) is 45.4 Å². The zero-order chi connectivity index (χ0) is 11.1. The van der Waals surface area contributed by atoms with Crippen LogP contribution >= 0.6 is 0 Å². The molecule has 3 nitrogen and oxygen atoms in total. The molecule has 0 saturated carbocycles. The molecule has 88 valence electrons. The van der Waals surface area contributed by atoms with E-state index in [4.69, 9.17) is 5.73 Å². The first kappa shape index (κ1) is 12.5. The Morgan fingerprint density at radius 2 is 2.27 bits per heavy atom. The first-order chi connectivity index (χ1) is 7.27. The minimum absolute atomic E-state index is 0.335. The average molecular weight is 212 g/mol. The number of likely N-dealkylation sites (tertiary alicyclic amines) is 1. The summed E-state index contributed by atoms with van der Waals surface area (Å²) in [5.74, 6) is 1.09. The largest absolute Gasteiger partial charge is 0.342 e. The molecule has 1 amide bonds. The van der Waals surface area contributed by atoms with Crippen molar-refractivity contribution in [2.75, 3.05) is 19.6 Å². The zero-order valence-electron chi connectivity index (χ0n) is 9.87. The highest BCUT2D eigenvalue weighted by Crippen LogP contribution is 2.21. The second-order valence-corrected chi connectivity index (χ2v) is 4.53. The summed E-state index contributed by atoms with van der Waals surface area (Å²) in [5, 5.41) is 0. The summed E-state index contributed by atoms with van der Waals surface area (Å²) in [5.41, 5.74) is 5.40. The Morgan fingerprint density at radius 3 is 2.93 bits per heavy atom. The molecular formula is C12H24N2O. The van der Waals surface area contributed by atoms with Gasteiger partial charge in [-0.1, -0.05) is 13.3 Å². The van der Waals surface area contributed by atoms with Crippen molar-refractivity contribution in [3.8, 4) is 0 Å². The smallest absolute Gasteiger partial charge is 0.222 e. The van der Waals surface area contributed by atoms with E-state index in [1.807, 2.05) is 4.90 Å². The molecule has 0 aliphatic carbocycles. The van der Waals surface area contributed by atoms with E-state index >= 15 is 0 Å². The molecule has 1 heterocycles. The molecule has 0 aromatic heterocycles. The van der Waals surface area contributed by atoms with Crippen LogP contribution in [0.3, 0.4) is 0 Å². The summed E-state index contributed by atoms with van der Waals surface area (Å²) >= 11 is 0. The number of amides is 1. The van der Waals surface area contributed by atoms with Crippen molar-refractivity contribution in [1.29, 1.82) is 0 Å². The topological polar surface area (TPSA) is 46.3 Å². The monoisotopic (exact) mass is 212 g/mol. The van der Waals surface area contributed by atoms with Gasteiger partial charge in [0.15, 0.2) is 0 Å². The Kier molecular flexibility index (Phi) is 5.69. The third kappa shape index (κ3) is 4.20. The molecule has 2 N–H and O–H groups in total. The van der Waals surface area contributed by atoms with Crippen molar-refractivity contribution < 1.29 is 4.79 Å². The van der Waals surface area contributed by atoms with E-state index in [2.05, 4.69) is 6.92 Å². The lowest BCUT2D eigenvalue weighted by molar-refractivity contribution is -0.130. The van der Waals surface area contributed by atoms with Crippen LogP contribution in [-0.2, 0) is 4.79 Å². The van der Waals surface area contributed by atoms with E-state index in [0.717, 1.165) is 31.8 Å². The fourth-order valence-corrected chi connectivity index (χ4v) is 2.28. The van der Waals surface area contributed by atoms with Gasteiger partial charge in [0.1, 0.15) is 0 Å². The second kappa shape index (κ2) is 6.83. The standard InChI is InChI=1S/C12H24N2O/c1-2-5-11-7-9-14(10-11)12(15)6-3-4-8-13/h11H,2-10,13H2,1H3. The Hall–Kier alpha value is -0.570. The number of carbonyl (C=O) groups excluding carboxylic acids is 1. The fraction of sp³-hybridized carbons (Fsp3) is 0.917. The minimum atomic E-state index is 0.335. The molecule has 3 heteroatoms. The fourth-order valence-electron chi connectivity index (χ4n) is 2.28. The van der Waals surface area contributed by atoms with Gasteiger partial charge >= 0.3 is 0 Å². The van der Waals surface area contributed by atoms with Crippen molar-refractivity contribution in [3.05, 3.63) is 0 Å². The Balaban J connectivity index is 2.18. The van der Waals surface area contributed by atoms with Gasteiger partial charge in [0, 0.05) is 19.5 Å². The van der Waals surface area contributed by atoms with Crippen LogP contribution in [0.4, 0.5) is 0 Å². The maximum absolute atomic E-state index is 11.8. The first-order valence-electron chi connectivity index (χ1n) is 6.25.